The van der Waals surface area contributed by atoms with Gasteiger partial charge in [-0.3, -0.25) is 9.69 Å². The lowest BCUT2D eigenvalue weighted by Gasteiger charge is -2.36. The van der Waals surface area contributed by atoms with Gasteiger partial charge in [-0.1, -0.05) is 24.3 Å². The Kier molecular flexibility index (Phi) is 4.63. The first-order valence-corrected chi connectivity index (χ1v) is 9.62. The van der Waals surface area contributed by atoms with Crippen molar-refractivity contribution in [3.63, 3.8) is 0 Å². The van der Waals surface area contributed by atoms with Crippen LogP contribution in [0.2, 0.25) is 0 Å². The van der Waals surface area contributed by atoms with Crippen molar-refractivity contribution in [1.29, 1.82) is 0 Å². The number of carbonyl (C=O) groups is 1. The molecular weight excluding hydrogens is 318 g/mol. The average molecular weight is 341 g/mol. The molecule has 4 rings (SSSR count). The number of benzene rings is 1. The van der Waals surface area contributed by atoms with Gasteiger partial charge in [0.15, 0.2) is 0 Å². The van der Waals surface area contributed by atoms with Crippen molar-refractivity contribution in [3.05, 3.63) is 41.4 Å². The fourth-order valence-electron chi connectivity index (χ4n) is 3.58. The van der Waals surface area contributed by atoms with Crippen molar-refractivity contribution in [2.75, 3.05) is 26.2 Å². The molecule has 2 aliphatic rings. The molecule has 2 aromatic rings. The molecule has 1 saturated heterocycles. The van der Waals surface area contributed by atoms with E-state index < -0.39 is 0 Å². The molecule has 0 bridgehead atoms. The Morgan fingerprint density at radius 2 is 2.00 bits per heavy atom. The molecule has 1 aliphatic heterocycles. The molecule has 1 fully saturated rings. The van der Waals surface area contributed by atoms with Gasteiger partial charge in [-0.25, -0.2) is 4.98 Å². The minimum absolute atomic E-state index is 0.214. The van der Waals surface area contributed by atoms with Gasteiger partial charge in [0.05, 0.1) is 16.8 Å². The highest BCUT2D eigenvalue weighted by molar-refractivity contribution is 7.18. The summed E-state index contributed by atoms with van der Waals surface area (Å²) < 4.78 is 1.26. The molecule has 1 amide bonds. The smallest absolute Gasteiger partial charge is 0.226 e. The number of para-hydroxylation sites is 1. The number of piperazine rings is 1. The maximum atomic E-state index is 12.6. The summed E-state index contributed by atoms with van der Waals surface area (Å²) in [5.41, 5.74) is 1.09. The quantitative estimate of drug-likeness (QED) is 0.804. The number of aromatic nitrogens is 1. The van der Waals surface area contributed by atoms with Crippen molar-refractivity contribution in [1.82, 2.24) is 14.8 Å². The van der Waals surface area contributed by atoms with E-state index in [1.54, 1.807) is 11.3 Å². The molecule has 126 valence electrons. The summed E-state index contributed by atoms with van der Waals surface area (Å²) in [6.45, 7) is 4.50. The summed E-state index contributed by atoms with van der Waals surface area (Å²) in [6.07, 6.45) is 7.34. The van der Waals surface area contributed by atoms with Crippen molar-refractivity contribution in [2.24, 2.45) is 5.92 Å². The molecule has 24 heavy (non-hydrogen) atoms. The van der Waals surface area contributed by atoms with Crippen LogP contribution in [0.25, 0.3) is 10.2 Å². The molecule has 0 spiro atoms. The normalized spacial score (nSPS) is 22.2. The molecule has 5 heteroatoms. The summed E-state index contributed by atoms with van der Waals surface area (Å²) in [4.78, 5) is 21.8. The summed E-state index contributed by atoms with van der Waals surface area (Å²) in [5, 5.41) is 1.17. The standard InChI is InChI=1S/C19H23N3OS/c23-19(15-6-2-1-3-7-15)22-12-10-21(11-13-22)14-18-20-16-8-4-5-9-17(16)24-18/h1-2,4-5,8-9,15H,3,6-7,10-14H2/t15-/m0/s1. The van der Waals surface area contributed by atoms with E-state index >= 15 is 0 Å². The topological polar surface area (TPSA) is 36.4 Å². The third kappa shape index (κ3) is 3.37. The Bertz CT molecular complexity index is 713. The van der Waals surface area contributed by atoms with Gasteiger partial charge in [0, 0.05) is 32.1 Å². The minimum atomic E-state index is 0.214. The summed E-state index contributed by atoms with van der Waals surface area (Å²) in [6, 6.07) is 8.31. The highest BCUT2D eigenvalue weighted by Crippen LogP contribution is 2.24. The maximum Gasteiger partial charge on any atom is 0.226 e. The zero-order valence-electron chi connectivity index (χ0n) is 13.9. The average Bonchev–Trinajstić information content (AvgIpc) is 3.05. The van der Waals surface area contributed by atoms with Crippen LogP contribution < -0.4 is 0 Å². The Morgan fingerprint density at radius 3 is 2.75 bits per heavy atom. The third-order valence-corrected chi connectivity index (χ3v) is 6.02. The van der Waals surface area contributed by atoms with Crippen molar-refractivity contribution < 1.29 is 4.79 Å². The molecule has 1 aliphatic carbocycles. The minimum Gasteiger partial charge on any atom is -0.340 e. The van der Waals surface area contributed by atoms with Gasteiger partial charge in [-0.2, -0.15) is 0 Å². The van der Waals surface area contributed by atoms with Crippen LogP contribution in [0, 0.1) is 5.92 Å². The predicted octanol–water partition coefficient (Wildman–Crippen LogP) is 3.30. The number of hydrogen-bond donors (Lipinski definition) is 0. The molecule has 0 unspecified atom stereocenters. The zero-order valence-corrected chi connectivity index (χ0v) is 14.7. The first-order valence-electron chi connectivity index (χ1n) is 8.80. The zero-order chi connectivity index (χ0) is 16.4. The predicted molar refractivity (Wildman–Crippen MR) is 98.0 cm³/mol. The van der Waals surface area contributed by atoms with Gasteiger partial charge in [-0.05, 0) is 31.4 Å². The second kappa shape index (κ2) is 7.03. The second-order valence-corrected chi connectivity index (χ2v) is 7.77. The number of thiazole rings is 1. The van der Waals surface area contributed by atoms with Crippen LogP contribution in [-0.4, -0.2) is 46.9 Å². The number of allylic oxidation sites excluding steroid dienone is 2. The molecule has 1 atom stereocenters. The number of hydrogen-bond acceptors (Lipinski definition) is 4. The largest absolute Gasteiger partial charge is 0.340 e. The maximum absolute atomic E-state index is 12.6. The summed E-state index contributed by atoms with van der Waals surface area (Å²) >= 11 is 1.78. The Morgan fingerprint density at radius 1 is 1.17 bits per heavy atom. The highest BCUT2D eigenvalue weighted by Gasteiger charge is 2.27. The highest BCUT2D eigenvalue weighted by atomic mass is 32.1. The van der Waals surface area contributed by atoms with Crippen LogP contribution in [0.4, 0.5) is 0 Å². The van der Waals surface area contributed by atoms with E-state index in [0.29, 0.717) is 5.91 Å². The summed E-state index contributed by atoms with van der Waals surface area (Å²) in [5.74, 6) is 0.574. The van der Waals surface area contributed by atoms with Gasteiger partial charge in [0.2, 0.25) is 5.91 Å². The number of rotatable bonds is 3. The first kappa shape index (κ1) is 15.8. The lowest BCUT2D eigenvalue weighted by molar-refractivity contribution is -0.137. The van der Waals surface area contributed by atoms with Crippen LogP contribution in [0.3, 0.4) is 0 Å². The van der Waals surface area contributed by atoms with Crippen molar-refractivity contribution in [2.45, 2.75) is 25.8 Å². The number of carbonyl (C=O) groups excluding carboxylic acids is 1. The fraction of sp³-hybridized carbons (Fsp3) is 0.474. The van der Waals surface area contributed by atoms with Crippen LogP contribution in [0.5, 0.6) is 0 Å². The molecule has 0 N–H and O–H groups in total. The molecule has 2 heterocycles. The Labute approximate surface area is 146 Å². The Hall–Kier alpha value is -1.72. The van der Waals surface area contributed by atoms with Crippen LogP contribution in [0.15, 0.2) is 36.4 Å². The number of fused-ring (bicyclic) bond motifs is 1. The molecule has 0 saturated carbocycles. The number of amides is 1. The first-order chi connectivity index (χ1) is 11.8. The molecule has 1 aromatic carbocycles. The number of nitrogens with zero attached hydrogens (tertiary/aromatic N) is 3. The molecule has 1 aromatic heterocycles. The van der Waals surface area contributed by atoms with E-state index in [9.17, 15) is 4.79 Å². The molecule has 0 radical (unpaired) electrons. The van der Waals surface area contributed by atoms with E-state index in [-0.39, 0.29) is 5.92 Å². The van der Waals surface area contributed by atoms with Gasteiger partial charge in [0.25, 0.3) is 0 Å². The van der Waals surface area contributed by atoms with E-state index in [4.69, 9.17) is 4.98 Å². The SMILES string of the molecule is O=C([C@H]1CC=CCC1)N1CCN(Cc2nc3ccccc3s2)CC1. The van der Waals surface area contributed by atoms with Crippen LogP contribution in [0.1, 0.15) is 24.3 Å². The van der Waals surface area contributed by atoms with Crippen LogP contribution >= 0.6 is 11.3 Å². The second-order valence-electron chi connectivity index (χ2n) is 6.66. The van der Waals surface area contributed by atoms with E-state index in [1.807, 2.05) is 6.07 Å². The van der Waals surface area contributed by atoms with E-state index in [1.165, 1.54) is 9.71 Å². The third-order valence-electron chi connectivity index (χ3n) is 5.00. The van der Waals surface area contributed by atoms with Gasteiger partial charge in [-0.15, -0.1) is 11.3 Å². The molecular formula is C19H23N3OS. The van der Waals surface area contributed by atoms with Crippen molar-refractivity contribution >= 4 is 27.5 Å². The summed E-state index contributed by atoms with van der Waals surface area (Å²) in [7, 11) is 0. The van der Waals surface area contributed by atoms with Gasteiger partial charge < -0.3 is 4.90 Å². The Balaban J connectivity index is 1.32. The van der Waals surface area contributed by atoms with Gasteiger partial charge in [0.1, 0.15) is 5.01 Å². The van der Waals surface area contributed by atoms with E-state index in [2.05, 4.69) is 40.2 Å². The lowest BCUT2D eigenvalue weighted by atomic mass is 9.93. The van der Waals surface area contributed by atoms with E-state index in [0.717, 1.165) is 57.5 Å². The molecule has 4 nitrogen and oxygen atoms in total. The lowest BCUT2D eigenvalue weighted by Crippen LogP contribution is -2.50. The monoisotopic (exact) mass is 341 g/mol. The van der Waals surface area contributed by atoms with Crippen molar-refractivity contribution in [3.8, 4) is 0 Å². The van der Waals surface area contributed by atoms with Gasteiger partial charge >= 0.3 is 0 Å². The fourth-order valence-corrected chi connectivity index (χ4v) is 4.59. The van der Waals surface area contributed by atoms with Crippen LogP contribution in [-0.2, 0) is 11.3 Å².